The van der Waals surface area contributed by atoms with Crippen LogP contribution in [0.25, 0.3) is 10.1 Å². The molecular formula is C17H25NO4S. The number of carboxylic acid groups (broad SMARTS) is 2. The minimum absolute atomic E-state index is 0.292. The maximum Gasteiger partial charge on any atom is 0.320 e. The molecule has 0 aliphatic heterocycles. The predicted octanol–water partition coefficient (Wildman–Crippen LogP) is 3.75. The van der Waals surface area contributed by atoms with E-state index >= 15 is 0 Å². The Morgan fingerprint density at radius 3 is 2.30 bits per heavy atom. The standard InChI is InChI=1S/C11H11NO2S.C4H8O2.C2H6/c12-9(11(13)14)5-7-6-15-10-4-2-1-3-8(7)10;1-2-3-4(5)6;1-2/h1-4,6,9H,5,12H2,(H,13,14);2-3H2,1H3,(H,5,6);1-2H3. The lowest BCUT2D eigenvalue weighted by atomic mass is 10.1. The summed E-state index contributed by atoms with van der Waals surface area (Å²) in [5, 5.41) is 19.7. The quantitative estimate of drug-likeness (QED) is 0.770. The summed E-state index contributed by atoms with van der Waals surface area (Å²) in [6.07, 6.45) is 1.41. The van der Waals surface area contributed by atoms with Gasteiger partial charge in [-0.2, -0.15) is 0 Å². The van der Waals surface area contributed by atoms with Crippen LogP contribution >= 0.6 is 11.3 Å². The third-order valence-corrected chi connectivity index (χ3v) is 3.79. The molecule has 2 aromatic rings. The lowest BCUT2D eigenvalue weighted by molar-refractivity contribution is -0.139. The first-order chi connectivity index (χ1) is 11.0. The van der Waals surface area contributed by atoms with Crippen molar-refractivity contribution in [1.29, 1.82) is 0 Å². The van der Waals surface area contributed by atoms with E-state index in [-0.39, 0.29) is 0 Å². The number of carboxylic acids is 2. The average Bonchev–Trinajstić information content (AvgIpc) is 2.93. The third-order valence-electron chi connectivity index (χ3n) is 2.78. The van der Waals surface area contributed by atoms with E-state index in [1.165, 1.54) is 4.70 Å². The minimum Gasteiger partial charge on any atom is -0.481 e. The fraction of sp³-hybridized carbons (Fsp3) is 0.412. The van der Waals surface area contributed by atoms with Gasteiger partial charge < -0.3 is 15.9 Å². The molecule has 5 nitrogen and oxygen atoms in total. The maximum absolute atomic E-state index is 10.6. The highest BCUT2D eigenvalue weighted by Gasteiger charge is 2.14. The lowest BCUT2D eigenvalue weighted by Crippen LogP contribution is -2.32. The van der Waals surface area contributed by atoms with Crippen molar-refractivity contribution in [2.45, 2.75) is 46.1 Å². The number of benzene rings is 1. The first-order valence-corrected chi connectivity index (χ1v) is 8.49. The van der Waals surface area contributed by atoms with E-state index in [1.54, 1.807) is 11.3 Å². The van der Waals surface area contributed by atoms with Crippen LogP contribution in [-0.4, -0.2) is 28.2 Å². The molecule has 23 heavy (non-hydrogen) atoms. The second kappa shape index (κ2) is 11.6. The number of aliphatic carboxylic acids is 2. The second-order valence-corrected chi connectivity index (χ2v) is 5.46. The number of carbonyl (C=O) groups is 2. The van der Waals surface area contributed by atoms with Crippen molar-refractivity contribution in [2.24, 2.45) is 5.73 Å². The smallest absolute Gasteiger partial charge is 0.320 e. The second-order valence-electron chi connectivity index (χ2n) is 4.55. The molecule has 4 N–H and O–H groups in total. The Hall–Kier alpha value is -1.92. The number of rotatable bonds is 5. The zero-order valence-corrected chi connectivity index (χ0v) is 14.6. The number of fused-ring (bicyclic) bond motifs is 1. The molecule has 0 amide bonds. The SMILES string of the molecule is CC.CCCC(=O)O.NC(Cc1csc2ccccc12)C(=O)O. The molecule has 2 rings (SSSR count). The summed E-state index contributed by atoms with van der Waals surface area (Å²) < 4.78 is 1.17. The first kappa shape index (κ1) is 21.1. The fourth-order valence-corrected chi connectivity index (χ4v) is 2.70. The van der Waals surface area contributed by atoms with E-state index in [2.05, 4.69) is 0 Å². The zero-order valence-electron chi connectivity index (χ0n) is 13.8. The van der Waals surface area contributed by atoms with E-state index < -0.39 is 18.0 Å². The van der Waals surface area contributed by atoms with Crippen molar-refractivity contribution in [1.82, 2.24) is 0 Å². The van der Waals surface area contributed by atoms with Crippen LogP contribution in [0, 0.1) is 0 Å². The van der Waals surface area contributed by atoms with E-state index in [9.17, 15) is 9.59 Å². The Bertz CT molecular complexity index is 609. The van der Waals surface area contributed by atoms with E-state index in [0.29, 0.717) is 12.8 Å². The largest absolute Gasteiger partial charge is 0.481 e. The summed E-state index contributed by atoms with van der Waals surface area (Å²) in [5.41, 5.74) is 6.52. The molecule has 1 atom stereocenters. The molecule has 0 spiro atoms. The molecule has 0 bridgehead atoms. The molecule has 1 unspecified atom stereocenters. The minimum atomic E-state index is -0.953. The summed E-state index contributed by atoms with van der Waals surface area (Å²) in [5.74, 6) is -1.66. The van der Waals surface area contributed by atoms with Gasteiger partial charge in [-0.3, -0.25) is 9.59 Å². The first-order valence-electron chi connectivity index (χ1n) is 7.61. The molecule has 0 aliphatic carbocycles. The fourth-order valence-electron chi connectivity index (χ4n) is 1.73. The summed E-state index contributed by atoms with van der Waals surface area (Å²) in [4.78, 5) is 20.2. The van der Waals surface area contributed by atoms with E-state index in [1.807, 2.05) is 50.4 Å². The van der Waals surface area contributed by atoms with Gasteiger partial charge in [-0.15, -0.1) is 11.3 Å². The van der Waals surface area contributed by atoms with Gasteiger partial charge in [0.1, 0.15) is 6.04 Å². The van der Waals surface area contributed by atoms with Gasteiger partial charge in [-0.1, -0.05) is 39.0 Å². The van der Waals surface area contributed by atoms with E-state index in [0.717, 1.165) is 17.4 Å². The Kier molecular flexibility index (Phi) is 10.7. The zero-order chi connectivity index (χ0) is 17.8. The Balaban J connectivity index is 0.000000515. The molecule has 1 heterocycles. The normalized spacial score (nSPS) is 10.8. The maximum atomic E-state index is 10.6. The molecule has 1 aromatic carbocycles. The molecule has 0 fully saturated rings. The van der Waals surface area contributed by atoms with Crippen molar-refractivity contribution < 1.29 is 19.8 Å². The van der Waals surface area contributed by atoms with Crippen LogP contribution in [0.4, 0.5) is 0 Å². The number of hydrogen-bond donors (Lipinski definition) is 3. The number of thiophene rings is 1. The Labute approximate surface area is 140 Å². The summed E-state index contributed by atoms with van der Waals surface area (Å²) >= 11 is 1.62. The highest BCUT2D eigenvalue weighted by molar-refractivity contribution is 7.17. The monoisotopic (exact) mass is 339 g/mol. The molecule has 1 aromatic heterocycles. The van der Waals surface area contributed by atoms with Crippen LogP contribution in [0.3, 0.4) is 0 Å². The number of hydrogen-bond acceptors (Lipinski definition) is 4. The van der Waals surface area contributed by atoms with Crippen LogP contribution in [0.5, 0.6) is 0 Å². The topological polar surface area (TPSA) is 101 Å². The molecule has 0 radical (unpaired) electrons. The van der Waals surface area contributed by atoms with Crippen molar-refractivity contribution in [3.8, 4) is 0 Å². The predicted molar refractivity (Wildman–Crippen MR) is 95.0 cm³/mol. The Morgan fingerprint density at radius 2 is 1.83 bits per heavy atom. The van der Waals surface area contributed by atoms with Gasteiger partial charge in [0.15, 0.2) is 0 Å². The van der Waals surface area contributed by atoms with Crippen molar-refractivity contribution in [3.05, 3.63) is 35.2 Å². The number of nitrogens with two attached hydrogens (primary N) is 1. The van der Waals surface area contributed by atoms with Crippen LogP contribution in [0.1, 0.15) is 39.2 Å². The molecule has 0 aliphatic rings. The summed E-state index contributed by atoms with van der Waals surface area (Å²) in [7, 11) is 0. The van der Waals surface area contributed by atoms with Gasteiger partial charge >= 0.3 is 11.9 Å². The van der Waals surface area contributed by atoms with Crippen molar-refractivity contribution >= 4 is 33.4 Å². The van der Waals surface area contributed by atoms with Crippen LogP contribution in [0.2, 0.25) is 0 Å². The molecule has 0 saturated heterocycles. The van der Waals surface area contributed by atoms with Gasteiger partial charge in [-0.25, -0.2) is 0 Å². The van der Waals surface area contributed by atoms with Gasteiger partial charge in [-0.05, 0) is 35.2 Å². The van der Waals surface area contributed by atoms with Gasteiger partial charge in [0.25, 0.3) is 0 Å². The third kappa shape index (κ3) is 7.76. The van der Waals surface area contributed by atoms with Gasteiger partial charge in [0.05, 0.1) is 0 Å². The van der Waals surface area contributed by atoms with Gasteiger partial charge in [0.2, 0.25) is 0 Å². The Morgan fingerprint density at radius 1 is 1.22 bits per heavy atom. The summed E-state index contributed by atoms with van der Waals surface area (Å²) in [6.45, 7) is 5.84. The molecule has 128 valence electrons. The van der Waals surface area contributed by atoms with Crippen molar-refractivity contribution in [2.75, 3.05) is 0 Å². The van der Waals surface area contributed by atoms with Crippen LogP contribution < -0.4 is 5.73 Å². The highest BCUT2D eigenvalue weighted by atomic mass is 32.1. The van der Waals surface area contributed by atoms with Gasteiger partial charge in [0, 0.05) is 11.1 Å². The van der Waals surface area contributed by atoms with Crippen molar-refractivity contribution in [3.63, 3.8) is 0 Å². The molecule has 6 heteroatoms. The van der Waals surface area contributed by atoms with Crippen LogP contribution in [0.15, 0.2) is 29.6 Å². The summed E-state index contributed by atoms with van der Waals surface area (Å²) in [6, 6.07) is 7.12. The lowest BCUT2D eigenvalue weighted by Gasteiger charge is -2.04. The van der Waals surface area contributed by atoms with Crippen LogP contribution in [-0.2, 0) is 16.0 Å². The average molecular weight is 339 g/mol. The van der Waals surface area contributed by atoms with E-state index in [4.69, 9.17) is 15.9 Å². The molecular weight excluding hydrogens is 314 g/mol. The highest BCUT2D eigenvalue weighted by Crippen LogP contribution is 2.26. The molecule has 0 saturated carbocycles.